The molecule has 1 amide bonds. The van der Waals surface area contributed by atoms with E-state index in [0.29, 0.717) is 41.6 Å². The number of nitrogens with two attached hydrogens (primary N) is 1. The largest absolute Gasteiger partial charge is 0.391 e. The number of rotatable bonds is 4. The van der Waals surface area contributed by atoms with Gasteiger partial charge in [-0.15, -0.1) is 0 Å². The highest BCUT2D eigenvalue weighted by Gasteiger charge is 2.27. The number of hydrogen-bond acceptors (Lipinski definition) is 6. The lowest BCUT2D eigenvalue weighted by molar-refractivity contribution is 0.0765. The van der Waals surface area contributed by atoms with Gasteiger partial charge in [0.25, 0.3) is 5.91 Å². The van der Waals surface area contributed by atoms with Crippen LogP contribution in [-0.4, -0.2) is 50.1 Å². The second kappa shape index (κ2) is 8.38. The van der Waals surface area contributed by atoms with E-state index in [0.717, 1.165) is 28.8 Å². The molecule has 0 aliphatic carbocycles. The number of hydrogen-bond donors (Lipinski definition) is 2. The molecule has 4 rings (SSSR count). The number of β-amino-alcohol motifs (C(OH)–C–C–N with tert-alkyl or cyclic N) is 1. The number of halogens is 1. The van der Waals surface area contributed by atoms with Crippen molar-refractivity contribution < 1.29 is 9.90 Å². The number of carbonyl (C=O) groups is 1. The van der Waals surface area contributed by atoms with E-state index in [1.807, 2.05) is 19.1 Å². The second-order valence-corrected chi connectivity index (χ2v) is 7.66. The number of amides is 1. The molecule has 0 bridgehead atoms. The van der Waals surface area contributed by atoms with Gasteiger partial charge in [-0.05, 0) is 37.1 Å². The van der Waals surface area contributed by atoms with Crippen LogP contribution in [0.1, 0.15) is 29.4 Å². The van der Waals surface area contributed by atoms with Gasteiger partial charge in [-0.2, -0.15) is 0 Å². The highest BCUT2D eigenvalue weighted by molar-refractivity contribution is 6.34. The van der Waals surface area contributed by atoms with E-state index in [-0.39, 0.29) is 5.91 Å². The number of pyridine rings is 1. The fourth-order valence-electron chi connectivity index (χ4n) is 3.70. The van der Waals surface area contributed by atoms with Crippen LogP contribution in [0.15, 0.2) is 42.9 Å². The van der Waals surface area contributed by atoms with Gasteiger partial charge in [0.05, 0.1) is 28.1 Å². The first-order valence-electron chi connectivity index (χ1n) is 9.81. The molecular formula is C22H22ClN5O2. The lowest BCUT2D eigenvalue weighted by atomic mass is 9.97. The molecule has 0 unspecified atom stereocenters. The molecule has 8 heteroatoms. The van der Waals surface area contributed by atoms with E-state index in [1.54, 1.807) is 29.3 Å². The number of anilines is 1. The molecule has 30 heavy (non-hydrogen) atoms. The maximum absolute atomic E-state index is 12.8. The van der Waals surface area contributed by atoms with Crippen molar-refractivity contribution in [1.29, 1.82) is 0 Å². The smallest absolute Gasteiger partial charge is 0.255 e. The van der Waals surface area contributed by atoms with E-state index >= 15 is 0 Å². The minimum absolute atomic E-state index is 0.178. The molecule has 1 saturated heterocycles. The molecular weight excluding hydrogens is 402 g/mol. The Bertz CT molecular complexity index is 1090. The molecule has 2 aromatic heterocycles. The summed E-state index contributed by atoms with van der Waals surface area (Å²) in [4.78, 5) is 27.5. The van der Waals surface area contributed by atoms with Crippen LogP contribution in [0, 0.1) is 0 Å². The molecule has 3 heterocycles. The first-order chi connectivity index (χ1) is 14.5. The Hall–Kier alpha value is -3.03. The lowest BCUT2D eigenvalue weighted by Gasteiger charge is -2.17. The average Bonchev–Trinajstić information content (AvgIpc) is 3.19. The Morgan fingerprint density at radius 1 is 1.23 bits per heavy atom. The van der Waals surface area contributed by atoms with E-state index in [9.17, 15) is 9.90 Å². The predicted molar refractivity (Wildman–Crippen MR) is 116 cm³/mol. The van der Waals surface area contributed by atoms with Crippen LogP contribution >= 0.6 is 11.6 Å². The maximum Gasteiger partial charge on any atom is 0.255 e. The van der Waals surface area contributed by atoms with Gasteiger partial charge in [0, 0.05) is 36.0 Å². The van der Waals surface area contributed by atoms with Crippen molar-refractivity contribution >= 4 is 23.3 Å². The first kappa shape index (κ1) is 20.3. The van der Waals surface area contributed by atoms with Gasteiger partial charge in [-0.1, -0.05) is 24.6 Å². The Morgan fingerprint density at radius 2 is 2.03 bits per heavy atom. The van der Waals surface area contributed by atoms with Crippen LogP contribution in [0.2, 0.25) is 5.02 Å². The van der Waals surface area contributed by atoms with Gasteiger partial charge in [-0.25, -0.2) is 15.0 Å². The first-order valence-corrected chi connectivity index (χ1v) is 10.2. The number of carbonyl (C=O) groups excluding carboxylic acids is 1. The van der Waals surface area contributed by atoms with Crippen molar-refractivity contribution in [1.82, 2.24) is 19.9 Å². The fourth-order valence-corrected chi connectivity index (χ4v) is 3.96. The van der Waals surface area contributed by atoms with Crippen molar-refractivity contribution in [3.05, 3.63) is 59.1 Å². The molecule has 154 valence electrons. The molecule has 3 aromatic rings. The number of likely N-dealkylation sites (tertiary alicyclic amines) is 1. The Kier molecular flexibility index (Phi) is 5.65. The van der Waals surface area contributed by atoms with Crippen molar-refractivity contribution in [2.45, 2.75) is 25.9 Å². The zero-order chi connectivity index (χ0) is 21.3. The summed E-state index contributed by atoms with van der Waals surface area (Å²) >= 11 is 6.50. The average molecular weight is 424 g/mol. The third-order valence-electron chi connectivity index (χ3n) is 5.26. The number of benzene rings is 1. The molecule has 1 fully saturated rings. The summed E-state index contributed by atoms with van der Waals surface area (Å²) in [6.07, 6.45) is 4.06. The second-order valence-electron chi connectivity index (χ2n) is 7.26. The van der Waals surface area contributed by atoms with Crippen LogP contribution in [-0.2, 0) is 6.42 Å². The van der Waals surface area contributed by atoms with Gasteiger partial charge in [0.1, 0.15) is 12.1 Å². The maximum atomic E-state index is 12.8. The molecule has 1 aliphatic rings. The standard InChI is InChI=1S/C22H22ClN5O2/c1-2-18-20(14-4-6-19(24)25-10-14)21(27-12-26-18)13-3-5-16(17(23)9-13)22(30)28-8-7-15(29)11-28/h3-6,9-10,12,15,29H,2,7-8,11H2,1H3,(H2,24,25)/t15-/m1/s1. The summed E-state index contributed by atoms with van der Waals surface area (Å²) in [6.45, 7) is 2.88. The van der Waals surface area contributed by atoms with Gasteiger partial charge in [0.2, 0.25) is 0 Å². The summed E-state index contributed by atoms with van der Waals surface area (Å²) in [5, 5.41) is 10.1. The summed E-state index contributed by atoms with van der Waals surface area (Å²) in [5.74, 6) is 0.260. The predicted octanol–water partition coefficient (Wildman–Crippen LogP) is 3.21. The van der Waals surface area contributed by atoms with Gasteiger partial charge in [-0.3, -0.25) is 4.79 Å². The monoisotopic (exact) mass is 423 g/mol. The zero-order valence-electron chi connectivity index (χ0n) is 16.5. The third kappa shape index (κ3) is 3.86. The van der Waals surface area contributed by atoms with Crippen LogP contribution in [0.5, 0.6) is 0 Å². The highest BCUT2D eigenvalue weighted by Crippen LogP contribution is 2.34. The summed E-state index contributed by atoms with van der Waals surface area (Å²) in [6, 6.07) is 8.93. The molecule has 1 atom stereocenters. The molecule has 0 spiro atoms. The lowest BCUT2D eigenvalue weighted by Crippen LogP contribution is -2.29. The summed E-state index contributed by atoms with van der Waals surface area (Å²) in [5.41, 5.74) is 10.3. The molecule has 1 aromatic carbocycles. The molecule has 0 radical (unpaired) electrons. The molecule has 0 saturated carbocycles. The van der Waals surface area contributed by atoms with Crippen molar-refractivity contribution in [3.63, 3.8) is 0 Å². The Morgan fingerprint density at radius 3 is 2.67 bits per heavy atom. The quantitative estimate of drug-likeness (QED) is 0.667. The normalized spacial score (nSPS) is 16.1. The molecule has 3 N–H and O–H groups in total. The van der Waals surface area contributed by atoms with Crippen LogP contribution in [0.4, 0.5) is 5.82 Å². The number of nitrogens with zero attached hydrogens (tertiary/aromatic N) is 4. The van der Waals surface area contributed by atoms with E-state index < -0.39 is 6.10 Å². The number of aromatic nitrogens is 3. The van der Waals surface area contributed by atoms with Gasteiger partial charge >= 0.3 is 0 Å². The minimum Gasteiger partial charge on any atom is -0.391 e. The Balaban J connectivity index is 1.75. The summed E-state index contributed by atoms with van der Waals surface area (Å²) in [7, 11) is 0. The minimum atomic E-state index is -0.475. The SMILES string of the molecule is CCc1ncnc(-c2ccc(C(=O)N3CC[C@@H](O)C3)c(Cl)c2)c1-c1ccc(N)nc1. The van der Waals surface area contributed by atoms with Crippen molar-refractivity contribution in [2.24, 2.45) is 0 Å². The number of aliphatic hydroxyl groups is 1. The van der Waals surface area contributed by atoms with Crippen molar-refractivity contribution in [3.8, 4) is 22.4 Å². The topological polar surface area (TPSA) is 105 Å². The van der Waals surface area contributed by atoms with E-state index in [1.165, 1.54) is 6.33 Å². The van der Waals surface area contributed by atoms with Gasteiger partial charge in [0.15, 0.2) is 0 Å². The molecule has 1 aliphatic heterocycles. The fraction of sp³-hybridized carbons (Fsp3) is 0.273. The zero-order valence-corrected chi connectivity index (χ0v) is 17.3. The number of aryl methyl sites for hydroxylation is 1. The third-order valence-corrected chi connectivity index (χ3v) is 5.57. The Labute approximate surface area is 179 Å². The number of nitrogen functional groups attached to an aromatic ring is 1. The van der Waals surface area contributed by atoms with Crippen LogP contribution < -0.4 is 5.73 Å². The van der Waals surface area contributed by atoms with Crippen LogP contribution in [0.3, 0.4) is 0 Å². The van der Waals surface area contributed by atoms with Crippen molar-refractivity contribution in [2.75, 3.05) is 18.8 Å². The summed E-state index contributed by atoms with van der Waals surface area (Å²) < 4.78 is 0. The number of aliphatic hydroxyl groups excluding tert-OH is 1. The van der Waals surface area contributed by atoms with Gasteiger partial charge < -0.3 is 15.7 Å². The molecule has 7 nitrogen and oxygen atoms in total. The van der Waals surface area contributed by atoms with Crippen LogP contribution in [0.25, 0.3) is 22.4 Å². The highest BCUT2D eigenvalue weighted by atomic mass is 35.5. The van der Waals surface area contributed by atoms with E-state index in [2.05, 4.69) is 15.0 Å². The van der Waals surface area contributed by atoms with E-state index in [4.69, 9.17) is 17.3 Å².